The lowest BCUT2D eigenvalue weighted by atomic mass is 9.97. The number of carbonyl (C=O) groups is 1. The second-order valence-electron chi connectivity index (χ2n) is 6.83. The molecule has 0 amide bonds. The number of rotatable bonds is 10. The number of aliphatic hydroxyl groups is 1. The first-order chi connectivity index (χ1) is 18.1. The van der Waals surface area contributed by atoms with Crippen molar-refractivity contribution >= 4 is 12.0 Å². The molecule has 0 aliphatic rings. The summed E-state index contributed by atoms with van der Waals surface area (Å²) in [5.74, 6) is -0.406. The average Bonchev–Trinajstić information content (AvgIpc) is 2.98. The van der Waals surface area contributed by atoms with Crippen molar-refractivity contribution in [1.82, 2.24) is 0 Å². The van der Waals surface area contributed by atoms with Crippen LogP contribution in [0, 0.1) is 22.6 Å². The van der Waals surface area contributed by atoms with E-state index in [1.165, 1.54) is 12.1 Å². The van der Waals surface area contributed by atoms with Crippen LogP contribution in [0.1, 0.15) is 56.7 Å². The van der Waals surface area contributed by atoms with Crippen LogP contribution in [0.2, 0.25) is 0 Å². The molecule has 0 heterocycles. The molecule has 3 aromatic carbocycles. The molecule has 0 aliphatic heterocycles. The molecule has 3 rings (SSSR count). The highest BCUT2D eigenvalue weighted by atomic mass is 19.1. The minimum absolute atomic E-state index is 0.0487. The Bertz CT molecular complexity index is 1080. The van der Waals surface area contributed by atoms with Gasteiger partial charge in [-0.15, -0.1) is 0 Å². The molecule has 0 radical (unpaired) electrons. The van der Waals surface area contributed by atoms with Gasteiger partial charge in [0.25, 0.3) is 0 Å². The van der Waals surface area contributed by atoms with Gasteiger partial charge in [0.05, 0.1) is 17.7 Å². The molecule has 198 valence electrons. The molecular formula is C30H37FN2O4. The highest BCUT2D eigenvalue weighted by Crippen LogP contribution is 2.25. The molecule has 1 atom stereocenters. The van der Waals surface area contributed by atoms with Crippen molar-refractivity contribution in [3.8, 4) is 17.6 Å². The van der Waals surface area contributed by atoms with Gasteiger partial charge in [0.1, 0.15) is 36.8 Å². The van der Waals surface area contributed by atoms with Gasteiger partial charge in [-0.25, -0.2) is 4.39 Å². The number of aldehydes is 1. The van der Waals surface area contributed by atoms with Gasteiger partial charge in [0.15, 0.2) is 0 Å². The average molecular weight is 509 g/mol. The maximum Gasteiger partial charge on any atom is 0.131 e. The summed E-state index contributed by atoms with van der Waals surface area (Å²) in [6, 6.07) is 22.8. The predicted molar refractivity (Wildman–Crippen MR) is 146 cm³/mol. The van der Waals surface area contributed by atoms with Crippen LogP contribution in [0.4, 0.5) is 4.39 Å². The van der Waals surface area contributed by atoms with E-state index in [0.29, 0.717) is 23.5 Å². The normalized spacial score (nSPS) is 9.89. The summed E-state index contributed by atoms with van der Waals surface area (Å²) >= 11 is 0. The van der Waals surface area contributed by atoms with Gasteiger partial charge in [0.2, 0.25) is 0 Å². The summed E-state index contributed by atoms with van der Waals surface area (Å²) in [7, 11) is 1.00. The van der Waals surface area contributed by atoms with Crippen molar-refractivity contribution in [3.63, 3.8) is 0 Å². The van der Waals surface area contributed by atoms with Crippen LogP contribution in [0.3, 0.4) is 0 Å². The van der Waals surface area contributed by atoms with E-state index in [1.807, 2.05) is 76.2 Å². The Morgan fingerprint density at radius 1 is 0.973 bits per heavy atom. The number of benzene rings is 3. The number of nitrogens with one attached hydrogen (secondary N) is 1. The molecular weight excluding hydrogens is 471 g/mol. The SMILES string of the molecule is CC.CC.CO.N#CC(CC=O)c1ccc(OCc2ccc(OCC(=N)c3ccccc3)cc2)cc1F. The zero-order valence-corrected chi connectivity index (χ0v) is 22.2. The van der Waals surface area contributed by atoms with Gasteiger partial charge in [-0.2, -0.15) is 5.26 Å². The summed E-state index contributed by atoms with van der Waals surface area (Å²) in [5, 5.41) is 24.1. The Balaban J connectivity index is 0.00000201. The summed E-state index contributed by atoms with van der Waals surface area (Å²) < 4.78 is 25.6. The number of halogens is 1. The molecule has 0 saturated heterocycles. The zero-order valence-electron chi connectivity index (χ0n) is 22.2. The van der Waals surface area contributed by atoms with E-state index in [0.717, 1.165) is 18.2 Å². The number of nitrogens with zero attached hydrogens (tertiary/aromatic N) is 1. The van der Waals surface area contributed by atoms with Crippen molar-refractivity contribution in [2.24, 2.45) is 0 Å². The number of carbonyl (C=O) groups excluding carboxylic acids is 1. The molecule has 2 N–H and O–H groups in total. The van der Waals surface area contributed by atoms with Gasteiger partial charge in [-0.05, 0) is 29.3 Å². The van der Waals surface area contributed by atoms with Crippen LogP contribution in [-0.4, -0.2) is 30.8 Å². The van der Waals surface area contributed by atoms with E-state index in [2.05, 4.69) is 0 Å². The second-order valence-corrected chi connectivity index (χ2v) is 6.83. The Hall–Kier alpha value is -4.02. The predicted octanol–water partition coefficient (Wildman–Crippen LogP) is 6.71. The number of ether oxygens (including phenoxy) is 2. The first-order valence-electron chi connectivity index (χ1n) is 12.2. The van der Waals surface area contributed by atoms with E-state index in [4.69, 9.17) is 25.3 Å². The van der Waals surface area contributed by atoms with Crippen molar-refractivity contribution in [1.29, 1.82) is 10.7 Å². The molecule has 0 saturated carbocycles. The lowest BCUT2D eigenvalue weighted by molar-refractivity contribution is -0.108. The van der Waals surface area contributed by atoms with Crippen molar-refractivity contribution in [2.75, 3.05) is 13.7 Å². The maximum atomic E-state index is 14.3. The topological polar surface area (TPSA) is 103 Å². The smallest absolute Gasteiger partial charge is 0.131 e. The Morgan fingerprint density at radius 2 is 1.57 bits per heavy atom. The number of hydrogen-bond acceptors (Lipinski definition) is 6. The maximum absolute atomic E-state index is 14.3. The number of nitriles is 1. The third-order valence-electron chi connectivity index (χ3n) is 4.67. The largest absolute Gasteiger partial charge is 0.489 e. The fourth-order valence-corrected chi connectivity index (χ4v) is 2.95. The van der Waals surface area contributed by atoms with Gasteiger partial charge in [-0.3, -0.25) is 0 Å². The third-order valence-corrected chi connectivity index (χ3v) is 4.67. The fourth-order valence-electron chi connectivity index (χ4n) is 2.95. The van der Waals surface area contributed by atoms with E-state index < -0.39 is 11.7 Å². The molecule has 6 nitrogen and oxygen atoms in total. The van der Waals surface area contributed by atoms with Crippen molar-refractivity contribution < 1.29 is 23.8 Å². The molecule has 37 heavy (non-hydrogen) atoms. The summed E-state index contributed by atoms with van der Waals surface area (Å²) in [4.78, 5) is 10.6. The van der Waals surface area contributed by atoms with Gasteiger partial charge in [-0.1, -0.05) is 76.2 Å². The number of aliphatic hydroxyl groups excluding tert-OH is 1. The van der Waals surface area contributed by atoms with E-state index in [-0.39, 0.29) is 25.2 Å². The zero-order chi connectivity index (χ0) is 28.1. The Kier molecular flexibility index (Phi) is 18.0. The van der Waals surface area contributed by atoms with Crippen LogP contribution in [0.5, 0.6) is 11.5 Å². The molecule has 0 bridgehead atoms. The minimum Gasteiger partial charge on any atom is -0.489 e. The summed E-state index contributed by atoms with van der Waals surface area (Å²) in [6.45, 7) is 8.40. The molecule has 0 aliphatic carbocycles. The molecule has 0 aromatic heterocycles. The van der Waals surface area contributed by atoms with Gasteiger partial charge in [0, 0.05) is 25.2 Å². The fraction of sp³-hybridized carbons (Fsp3) is 0.300. The minimum atomic E-state index is -0.803. The van der Waals surface area contributed by atoms with E-state index in [9.17, 15) is 9.18 Å². The van der Waals surface area contributed by atoms with Crippen molar-refractivity contribution in [3.05, 3.63) is 95.3 Å². The standard InChI is InChI=1S/C25H21FN2O3.2C2H6.CH4O/c26-24-14-22(10-11-23(24)20(15-27)12-13-29)30-16-18-6-8-21(9-7-18)31-17-25(28)19-4-2-1-3-5-19;3*1-2/h1-11,13-14,20,28H,12,16-17H2;2*1-2H3;2H,1H3. The lowest BCUT2D eigenvalue weighted by Gasteiger charge is -2.11. The van der Waals surface area contributed by atoms with E-state index >= 15 is 0 Å². The van der Waals surface area contributed by atoms with Crippen LogP contribution < -0.4 is 9.47 Å². The molecule has 0 spiro atoms. The number of hydrogen-bond donors (Lipinski definition) is 2. The third kappa shape index (κ3) is 11.5. The molecule has 0 fully saturated rings. The monoisotopic (exact) mass is 508 g/mol. The van der Waals surface area contributed by atoms with Crippen LogP contribution >= 0.6 is 0 Å². The van der Waals surface area contributed by atoms with Crippen LogP contribution in [0.25, 0.3) is 0 Å². The Morgan fingerprint density at radius 3 is 2.11 bits per heavy atom. The summed E-state index contributed by atoms with van der Waals surface area (Å²) in [5.41, 5.74) is 2.26. The first kappa shape index (κ1) is 33.0. The summed E-state index contributed by atoms with van der Waals surface area (Å²) in [6.07, 6.45) is 0.558. The van der Waals surface area contributed by atoms with E-state index in [1.54, 1.807) is 18.2 Å². The molecule has 7 heteroatoms. The van der Waals surface area contributed by atoms with Crippen LogP contribution in [-0.2, 0) is 11.4 Å². The highest BCUT2D eigenvalue weighted by Gasteiger charge is 2.15. The lowest BCUT2D eigenvalue weighted by Crippen LogP contribution is -2.11. The van der Waals surface area contributed by atoms with Gasteiger partial charge < -0.3 is 24.8 Å². The first-order valence-corrected chi connectivity index (χ1v) is 12.2. The quantitative estimate of drug-likeness (QED) is 0.234. The molecule has 3 aromatic rings. The highest BCUT2D eigenvalue weighted by molar-refractivity contribution is 5.99. The Labute approximate surface area is 219 Å². The molecule has 1 unspecified atom stereocenters. The second kappa shape index (κ2) is 20.2. The van der Waals surface area contributed by atoms with Gasteiger partial charge >= 0.3 is 0 Å². The van der Waals surface area contributed by atoms with Crippen LogP contribution in [0.15, 0.2) is 72.8 Å². The van der Waals surface area contributed by atoms with Crippen molar-refractivity contribution in [2.45, 2.75) is 46.6 Å².